The van der Waals surface area contributed by atoms with Crippen LogP contribution in [-0.4, -0.2) is 9.78 Å². The van der Waals surface area contributed by atoms with Gasteiger partial charge in [0.2, 0.25) is 0 Å². The molecule has 0 aliphatic rings. The van der Waals surface area contributed by atoms with E-state index in [9.17, 15) is 9.59 Å². The molecule has 4 nitrogen and oxygen atoms in total. The molecule has 0 unspecified atom stereocenters. The molecule has 1 aromatic rings. The van der Waals surface area contributed by atoms with Crippen LogP contribution in [0.1, 0.15) is 5.56 Å². The molecule has 0 amide bonds. The molecule has 0 aliphatic carbocycles. The summed E-state index contributed by atoms with van der Waals surface area (Å²) in [6.45, 7) is 1.61. The van der Waals surface area contributed by atoms with Crippen LogP contribution in [-0.2, 0) is 7.05 Å². The Kier molecular flexibility index (Phi) is 1.45. The predicted octanol–water partition coefficient (Wildman–Crippen LogP) is -0.618. The van der Waals surface area contributed by atoms with E-state index in [1.54, 1.807) is 6.92 Å². The van der Waals surface area contributed by atoms with Crippen molar-refractivity contribution in [3.63, 3.8) is 0 Å². The van der Waals surface area contributed by atoms with Crippen LogP contribution in [0.5, 0.6) is 0 Å². The molecule has 0 bridgehead atoms. The van der Waals surface area contributed by atoms with Gasteiger partial charge < -0.3 is 0 Å². The lowest BCUT2D eigenvalue weighted by molar-refractivity contribution is 0.685. The van der Waals surface area contributed by atoms with Gasteiger partial charge in [0.15, 0.2) is 0 Å². The van der Waals surface area contributed by atoms with Crippen LogP contribution in [0.3, 0.4) is 0 Å². The number of aryl methyl sites for hydroxylation is 2. The van der Waals surface area contributed by atoms with Crippen LogP contribution in [0.2, 0.25) is 0 Å². The van der Waals surface area contributed by atoms with Gasteiger partial charge in [-0.15, -0.1) is 0 Å². The summed E-state index contributed by atoms with van der Waals surface area (Å²) >= 11 is 0. The van der Waals surface area contributed by atoms with Crippen molar-refractivity contribution >= 4 is 0 Å². The minimum Gasteiger partial charge on any atom is -0.268 e. The lowest BCUT2D eigenvalue weighted by Crippen LogP contribution is -2.28. The second kappa shape index (κ2) is 2.13. The van der Waals surface area contributed by atoms with Gasteiger partial charge in [-0.25, -0.2) is 0 Å². The summed E-state index contributed by atoms with van der Waals surface area (Å²) in [6.07, 6.45) is 0. The zero-order valence-corrected chi connectivity index (χ0v) is 5.84. The molecule has 1 aromatic heterocycles. The fourth-order valence-corrected chi connectivity index (χ4v) is 0.771. The molecule has 0 aliphatic heterocycles. The van der Waals surface area contributed by atoms with Crippen molar-refractivity contribution in [2.75, 3.05) is 0 Å². The minimum atomic E-state index is -0.250. The van der Waals surface area contributed by atoms with Crippen molar-refractivity contribution in [3.05, 3.63) is 32.3 Å². The van der Waals surface area contributed by atoms with Crippen LogP contribution in [0.15, 0.2) is 15.7 Å². The molecule has 0 spiro atoms. The first-order chi connectivity index (χ1) is 4.61. The molecule has 0 atom stereocenters. The maximum absolute atomic E-state index is 10.9. The normalized spacial score (nSPS) is 9.80. The first-order valence-corrected chi connectivity index (χ1v) is 2.88. The van der Waals surface area contributed by atoms with Gasteiger partial charge >= 0.3 is 0 Å². The molecule has 0 aromatic carbocycles. The van der Waals surface area contributed by atoms with Gasteiger partial charge in [-0.1, -0.05) is 0 Å². The Bertz CT molecular complexity index is 318. The van der Waals surface area contributed by atoms with Gasteiger partial charge in [0.05, 0.1) is 0 Å². The number of H-pyrrole nitrogens is 1. The highest BCUT2D eigenvalue weighted by molar-refractivity contribution is 5.02. The largest absolute Gasteiger partial charge is 0.268 e. The molecule has 0 saturated heterocycles. The Balaban J connectivity index is 3.62. The van der Waals surface area contributed by atoms with Crippen molar-refractivity contribution in [1.29, 1.82) is 0 Å². The number of nitrogens with zero attached hydrogens (tertiary/aromatic N) is 1. The van der Waals surface area contributed by atoms with Crippen LogP contribution in [0.4, 0.5) is 0 Å². The third-order valence-corrected chi connectivity index (χ3v) is 1.27. The molecule has 0 radical (unpaired) electrons. The molecule has 0 fully saturated rings. The quantitative estimate of drug-likeness (QED) is 0.522. The van der Waals surface area contributed by atoms with Crippen molar-refractivity contribution in [1.82, 2.24) is 9.78 Å². The lowest BCUT2D eigenvalue weighted by atomic mass is 10.3. The monoisotopic (exact) mass is 140 g/mol. The number of aromatic nitrogens is 2. The van der Waals surface area contributed by atoms with Gasteiger partial charge in [0.1, 0.15) is 0 Å². The Morgan fingerprint density at radius 3 is 2.60 bits per heavy atom. The van der Waals surface area contributed by atoms with Gasteiger partial charge in [-0.3, -0.25) is 19.4 Å². The molecule has 1 N–H and O–H groups in total. The van der Waals surface area contributed by atoms with E-state index in [1.165, 1.54) is 13.1 Å². The van der Waals surface area contributed by atoms with Gasteiger partial charge in [-0.05, 0) is 6.92 Å². The van der Waals surface area contributed by atoms with E-state index in [1.807, 2.05) is 0 Å². The fraction of sp³-hybridized carbons (Fsp3) is 0.333. The van der Waals surface area contributed by atoms with Gasteiger partial charge in [-0.2, -0.15) is 0 Å². The molecular formula is C6H8N2O2. The Morgan fingerprint density at radius 1 is 1.50 bits per heavy atom. The SMILES string of the molecule is Cc1cc(=O)[nH]n(C)c1=O. The molecule has 0 saturated carbocycles. The first-order valence-electron chi connectivity index (χ1n) is 2.88. The van der Waals surface area contributed by atoms with Crippen LogP contribution in [0, 0.1) is 6.92 Å². The minimum absolute atomic E-state index is 0.167. The van der Waals surface area contributed by atoms with E-state index in [4.69, 9.17) is 0 Å². The number of aromatic amines is 1. The average molecular weight is 140 g/mol. The predicted molar refractivity (Wildman–Crippen MR) is 37.0 cm³/mol. The van der Waals surface area contributed by atoms with E-state index in [2.05, 4.69) is 5.10 Å². The topological polar surface area (TPSA) is 54.9 Å². The van der Waals surface area contributed by atoms with E-state index >= 15 is 0 Å². The summed E-state index contributed by atoms with van der Waals surface area (Å²) in [6, 6.07) is 1.28. The van der Waals surface area contributed by atoms with E-state index in [0.717, 1.165) is 4.68 Å². The summed E-state index contributed by atoms with van der Waals surface area (Å²) in [5, 5.41) is 2.33. The summed E-state index contributed by atoms with van der Waals surface area (Å²) in [5.74, 6) is 0. The van der Waals surface area contributed by atoms with Crippen molar-refractivity contribution in [3.8, 4) is 0 Å². The maximum atomic E-state index is 10.9. The molecule has 54 valence electrons. The van der Waals surface area contributed by atoms with Gasteiger partial charge in [0, 0.05) is 18.7 Å². The standard InChI is InChI=1S/C6H8N2O2/c1-4-3-5(9)7-8(2)6(4)10/h3H,1-2H3,(H,7,9). The Morgan fingerprint density at radius 2 is 2.10 bits per heavy atom. The van der Waals surface area contributed by atoms with Crippen LogP contribution < -0.4 is 11.1 Å². The van der Waals surface area contributed by atoms with E-state index < -0.39 is 0 Å². The second-order valence-electron chi connectivity index (χ2n) is 2.17. The summed E-state index contributed by atoms with van der Waals surface area (Å²) in [4.78, 5) is 21.6. The summed E-state index contributed by atoms with van der Waals surface area (Å²) < 4.78 is 1.16. The summed E-state index contributed by atoms with van der Waals surface area (Å²) in [5.41, 5.74) is 0.0467. The number of nitrogens with one attached hydrogen (secondary N) is 1. The number of hydrogen-bond acceptors (Lipinski definition) is 2. The summed E-state index contributed by atoms with van der Waals surface area (Å²) in [7, 11) is 1.51. The Hall–Kier alpha value is -1.32. The molecular weight excluding hydrogens is 132 g/mol. The highest BCUT2D eigenvalue weighted by atomic mass is 16.1. The number of rotatable bonds is 0. The van der Waals surface area contributed by atoms with Crippen molar-refractivity contribution in [2.45, 2.75) is 6.92 Å². The zero-order chi connectivity index (χ0) is 7.72. The second-order valence-corrected chi connectivity index (χ2v) is 2.17. The van der Waals surface area contributed by atoms with Crippen molar-refractivity contribution in [2.24, 2.45) is 7.05 Å². The fourth-order valence-electron chi connectivity index (χ4n) is 0.771. The van der Waals surface area contributed by atoms with Crippen molar-refractivity contribution < 1.29 is 0 Å². The lowest BCUT2D eigenvalue weighted by Gasteiger charge is -1.95. The van der Waals surface area contributed by atoms with E-state index in [-0.39, 0.29) is 11.1 Å². The average Bonchev–Trinajstić information content (AvgIpc) is 1.82. The zero-order valence-electron chi connectivity index (χ0n) is 5.84. The smallest absolute Gasteiger partial charge is 0.267 e. The third kappa shape index (κ3) is 1.00. The molecule has 1 heterocycles. The molecule has 1 rings (SSSR count). The third-order valence-electron chi connectivity index (χ3n) is 1.27. The van der Waals surface area contributed by atoms with Crippen LogP contribution in [0.25, 0.3) is 0 Å². The highest BCUT2D eigenvalue weighted by Crippen LogP contribution is 1.75. The Labute approximate surface area is 57.1 Å². The highest BCUT2D eigenvalue weighted by Gasteiger charge is 1.94. The molecule has 4 heteroatoms. The van der Waals surface area contributed by atoms with E-state index in [0.29, 0.717) is 5.56 Å². The van der Waals surface area contributed by atoms with Crippen LogP contribution >= 0.6 is 0 Å². The maximum Gasteiger partial charge on any atom is 0.267 e. The first kappa shape index (κ1) is 6.80. The van der Waals surface area contributed by atoms with Gasteiger partial charge in [0.25, 0.3) is 11.1 Å². The molecule has 10 heavy (non-hydrogen) atoms. The number of hydrogen-bond donors (Lipinski definition) is 1.